The molecule has 0 spiro atoms. The molecular formula is C14H21NO2. The summed E-state index contributed by atoms with van der Waals surface area (Å²) in [5, 5.41) is 21.0. The quantitative estimate of drug-likeness (QED) is 0.774. The Balaban J connectivity index is 2.23. The molecule has 1 aliphatic rings. The number of hydrogen-bond acceptors (Lipinski definition) is 3. The maximum atomic E-state index is 10.6. The van der Waals surface area contributed by atoms with Crippen LogP contribution in [-0.2, 0) is 0 Å². The smallest absolute Gasteiger partial charge is 0.109 e. The SMILES string of the molecule is Cc1ccncc1C(O)C1(O)CCCCCC1. The van der Waals surface area contributed by atoms with Crippen LogP contribution in [0.2, 0.25) is 0 Å². The van der Waals surface area contributed by atoms with Gasteiger partial charge in [-0.25, -0.2) is 0 Å². The largest absolute Gasteiger partial charge is 0.387 e. The van der Waals surface area contributed by atoms with Crippen LogP contribution in [0.5, 0.6) is 0 Å². The van der Waals surface area contributed by atoms with Crippen molar-refractivity contribution in [1.29, 1.82) is 0 Å². The van der Waals surface area contributed by atoms with Gasteiger partial charge in [0.2, 0.25) is 0 Å². The van der Waals surface area contributed by atoms with Gasteiger partial charge in [-0.15, -0.1) is 0 Å². The molecule has 0 amide bonds. The normalized spacial score (nSPS) is 21.8. The van der Waals surface area contributed by atoms with Gasteiger partial charge in [-0.3, -0.25) is 4.98 Å². The molecule has 0 aliphatic heterocycles. The molecule has 1 fully saturated rings. The van der Waals surface area contributed by atoms with Gasteiger partial charge in [0.15, 0.2) is 0 Å². The molecule has 1 aromatic rings. The molecule has 1 saturated carbocycles. The van der Waals surface area contributed by atoms with Crippen molar-refractivity contribution in [3.05, 3.63) is 29.6 Å². The Bertz CT molecular complexity index is 370. The third-order valence-electron chi connectivity index (χ3n) is 3.85. The van der Waals surface area contributed by atoms with Crippen molar-refractivity contribution in [3.63, 3.8) is 0 Å². The summed E-state index contributed by atoms with van der Waals surface area (Å²) < 4.78 is 0. The maximum Gasteiger partial charge on any atom is 0.109 e. The fraction of sp³-hybridized carbons (Fsp3) is 0.643. The molecule has 0 saturated heterocycles. The number of pyridine rings is 1. The van der Waals surface area contributed by atoms with Gasteiger partial charge in [0.25, 0.3) is 0 Å². The second kappa shape index (κ2) is 5.15. The van der Waals surface area contributed by atoms with E-state index in [1.54, 1.807) is 12.4 Å². The van der Waals surface area contributed by atoms with Crippen LogP contribution in [0.1, 0.15) is 55.8 Å². The van der Waals surface area contributed by atoms with Crippen molar-refractivity contribution in [1.82, 2.24) is 4.98 Å². The first-order chi connectivity index (χ1) is 8.13. The molecule has 0 radical (unpaired) electrons. The number of nitrogens with zero attached hydrogens (tertiary/aromatic N) is 1. The number of aliphatic hydroxyl groups is 2. The summed E-state index contributed by atoms with van der Waals surface area (Å²) in [4.78, 5) is 4.04. The molecule has 1 atom stereocenters. The van der Waals surface area contributed by atoms with Crippen LogP contribution in [0.4, 0.5) is 0 Å². The Morgan fingerprint density at radius 3 is 2.47 bits per heavy atom. The molecule has 17 heavy (non-hydrogen) atoms. The summed E-state index contributed by atoms with van der Waals surface area (Å²) in [5.74, 6) is 0. The summed E-state index contributed by atoms with van der Waals surface area (Å²) in [6.45, 7) is 1.94. The minimum atomic E-state index is -0.968. The Morgan fingerprint density at radius 2 is 1.88 bits per heavy atom. The van der Waals surface area contributed by atoms with E-state index >= 15 is 0 Å². The molecule has 1 aliphatic carbocycles. The second-order valence-corrected chi connectivity index (χ2v) is 5.15. The van der Waals surface area contributed by atoms with Gasteiger partial charge in [-0.05, 0) is 31.4 Å². The van der Waals surface area contributed by atoms with Crippen molar-refractivity contribution in [2.75, 3.05) is 0 Å². The lowest BCUT2D eigenvalue weighted by Gasteiger charge is -2.32. The van der Waals surface area contributed by atoms with Crippen molar-refractivity contribution in [2.24, 2.45) is 0 Å². The highest BCUT2D eigenvalue weighted by Crippen LogP contribution is 2.37. The number of aryl methyl sites for hydroxylation is 1. The number of rotatable bonds is 2. The lowest BCUT2D eigenvalue weighted by molar-refractivity contribution is -0.0871. The van der Waals surface area contributed by atoms with Crippen molar-refractivity contribution in [3.8, 4) is 0 Å². The van der Waals surface area contributed by atoms with E-state index in [1.165, 1.54) is 0 Å². The lowest BCUT2D eigenvalue weighted by atomic mass is 9.84. The third-order valence-corrected chi connectivity index (χ3v) is 3.85. The number of aliphatic hydroxyl groups excluding tert-OH is 1. The fourth-order valence-electron chi connectivity index (χ4n) is 2.67. The van der Waals surface area contributed by atoms with Gasteiger partial charge in [0.05, 0.1) is 5.60 Å². The van der Waals surface area contributed by atoms with E-state index in [9.17, 15) is 10.2 Å². The van der Waals surface area contributed by atoms with E-state index in [4.69, 9.17) is 0 Å². The van der Waals surface area contributed by atoms with Gasteiger partial charge < -0.3 is 10.2 Å². The van der Waals surface area contributed by atoms with Gasteiger partial charge in [0.1, 0.15) is 6.10 Å². The van der Waals surface area contributed by atoms with E-state index in [2.05, 4.69) is 4.98 Å². The summed E-state index contributed by atoms with van der Waals surface area (Å²) in [6, 6.07) is 1.87. The molecule has 1 heterocycles. The van der Waals surface area contributed by atoms with Crippen LogP contribution in [0.3, 0.4) is 0 Å². The highest BCUT2D eigenvalue weighted by molar-refractivity contribution is 5.26. The van der Waals surface area contributed by atoms with Crippen LogP contribution in [0.15, 0.2) is 18.5 Å². The highest BCUT2D eigenvalue weighted by Gasteiger charge is 2.37. The zero-order chi connectivity index (χ0) is 12.3. The number of aromatic nitrogens is 1. The highest BCUT2D eigenvalue weighted by atomic mass is 16.3. The molecule has 3 nitrogen and oxygen atoms in total. The Kier molecular flexibility index (Phi) is 3.79. The van der Waals surface area contributed by atoms with Crippen molar-refractivity contribution in [2.45, 2.75) is 57.2 Å². The predicted octanol–water partition coefficient (Wildman–Crippen LogP) is 2.51. The van der Waals surface area contributed by atoms with Crippen LogP contribution >= 0.6 is 0 Å². The van der Waals surface area contributed by atoms with E-state index in [1.807, 2.05) is 13.0 Å². The minimum Gasteiger partial charge on any atom is -0.387 e. The molecule has 0 bridgehead atoms. The van der Waals surface area contributed by atoms with Crippen LogP contribution < -0.4 is 0 Å². The zero-order valence-corrected chi connectivity index (χ0v) is 10.4. The van der Waals surface area contributed by atoms with Gasteiger partial charge in [0, 0.05) is 18.0 Å². The topological polar surface area (TPSA) is 53.4 Å². The van der Waals surface area contributed by atoms with Gasteiger partial charge in [-0.1, -0.05) is 25.7 Å². The average Bonchev–Trinajstić information content (AvgIpc) is 2.55. The van der Waals surface area contributed by atoms with Crippen molar-refractivity contribution < 1.29 is 10.2 Å². The maximum absolute atomic E-state index is 10.6. The van der Waals surface area contributed by atoms with Crippen LogP contribution in [0.25, 0.3) is 0 Å². The fourth-order valence-corrected chi connectivity index (χ4v) is 2.67. The summed E-state index contributed by atoms with van der Waals surface area (Å²) in [7, 11) is 0. The molecule has 3 heteroatoms. The summed E-state index contributed by atoms with van der Waals surface area (Å²) in [5.41, 5.74) is 0.784. The standard InChI is InChI=1S/C14H21NO2/c1-11-6-9-15-10-12(11)13(16)14(17)7-4-2-3-5-8-14/h6,9-10,13,16-17H,2-5,7-8H2,1H3. The molecular weight excluding hydrogens is 214 g/mol. The second-order valence-electron chi connectivity index (χ2n) is 5.15. The lowest BCUT2D eigenvalue weighted by Crippen LogP contribution is -2.36. The predicted molar refractivity (Wildman–Crippen MR) is 66.6 cm³/mol. The van der Waals surface area contributed by atoms with Crippen LogP contribution in [-0.4, -0.2) is 20.8 Å². The first-order valence-electron chi connectivity index (χ1n) is 6.44. The molecule has 2 N–H and O–H groups in total. The first kappa shape index (κ1) is 12.5. The Hall–Kier alpha value is -0.930. The zero-order valence-electron chi connectivity index (χ0n) is 10.4. The average molecular weight is 235 g/mol. The minimum absolute atomic E-state index is 0.683. The molecule has 1 aromatic heterocycles. The Morgan fingerprint density at radius 1 is 1.24 bits per heavy atom. The Labute approximate surface area is 103 Å². The van der Waals surface area contributed by atoms with E-state index in [0.717, 1.165) is 36.8 Å². The monoisotopic (exact) mass is 235 g/mol. The van der Waals surface area contributed by atoms with E-state index in [-0.39, 0.29) is 0 Å². The summed E-state index contributed by atoms with van der Waals surface area (Å²) in [6.07, 6.45) is 8.23. The third kappa shape index (κ3) is 2.67. The van der Waals surface area contributed by atoms with Crippen LogP contribution in [0, 0.1) is 6.92 Å². The molecule has 0 aromatic carbocycles. The van der Waals surface area contributed by atoms with Gasteiger partial charge >= 0.3 is 0 Å². The van der Waals surface area contributed by atoms with E-state index < -0.39 is 11.7 Å². The number of hydrogen-bond donors (Lipinski definition) is 2. The first-order valence-corrected chi connectivity index (χ1v) is 6.44. The van der Waals surface area contributed by atoms with Crippen molar-refractivity contribution >= 4 is 0 Å². The molecule has 1 unspecified atom stereocenters. The molecule has 2 rings (SSSR count). The molecule has 94 valence electrons. The summed E-state index contributed by atoms with van der Waals surface area (Å²) >= 11 is 0. The van der Waals surface area contributed by atoms with Gasteiger partial charge in [-0.2, -0.15) is 0 Å². The van der Waals surface area contributed by atoms with E-state index in [0.29, 0.717) is 12.8 Å².